The summed E-state index contributed by atoms with van der Waals surface area (Å²) in [5, 5.41) is 6.34. The predicted octanol–water partition coefficient (Wildman–Crippen LogP) is 2.46. The molecule has 1 saturated carbocycles. The van der Waals surface area contributed by atoms with Gasteiger partial charge in [0.05, 0.1) is 6.54 Å². The van der Waals surface area contributed by atoms with Crippen LogP contribution in [0.1, 0.15) is 60.3 Å². The SMILES string of the molecule is CC1(C)CCC(NC(=O)CNC(C)(C)C)CC1. The molecule has 0 heterocycles. The fourth-order valence-corrected chi connectivity index (χ4v) is 2.17. The average molecular weight is 240 g/mol. The third kappa shape index (κ3) is 6.06. The van der Waals surface area contributed by atoms with Gasteiger partial charge in [-0.25, -0.2) is 0 Å². The summed E-state index contributed by atoms with van der Waals surface area (Å²) in [5.74, 6) is 0.129. The normalized spacial score (nSPS) is 21.2. The Morgan fingerprint density at radius 3 is 2.24 bits per heavy atom. The fourth-order valence-electron chi connectivity index (χ4n) is 2.17. The lowest BCUT2D eigenvalue weighted by Crippen LogP contribution is -2.47. The smallest absolute Gasteiger partial charge is 0.234 e. The molecule has 0 aromatic heterocycles. The molecule has 0 bridgehead atoms. The average Bonchev–Trinajstić information content (AvgIpc) is 2.17. The minimum atomic E-state index is 0.00585. The van der Waals surface area contributed by atoms with E-state index in [4.69, 9.17) is 0 Å². The number of carbonyl (C=O) groups is 1. The number of carbonyl (C=O) groups excluding carboxylic acids is 1. The Morgan fingerprint density at radius 1 is 1.24 bits per heavy atom. The van der Waals surface area contributed by atoms with Crippen molar-refractivity contribution in [3.05, 3.63) is 0 Å². The van der Waals surface area contributed by atoms with Crippen molar-refractivity contribution in [3.8, 4) is 0 Å². The third-order valence-corrected chi connectivity index (χ3v) is 3.48. The largest absolute Gasteiger partial charge is 0.352 e. The van der Waals surface area contributed by atoms with E-state index in [0.717, 1.165) is 12.8 Å². The summed E-state index contributed by atoms with van der Waals surface area (Å²) in [7, 11) is 0. The highest BCUT2D eigenvalue weighted by molar-refractivity contribution is 5.78. The second kappa shape index (κ2) is 5.38. The lowest BCUT2D eigenvalue weighted by molar-refractivity contribution is -0.121. The highest BCUT2D eigenvalue weighted by atomic mass is 16.2. The minimum absolute atomic E-state index is 0.00585. The molecule has 0 spiro atoms. The molecule has 1 rings (SSSR count). The fraction of sp³-hybridized carbons (Fsp3) is 0.929. The van der Waals surface area contributed by atoms with E-state index in [2.05, 4.69) is 45.3 Å². The second-order valence-electron chi connectivity index (χ2n) is 7.11. The number of hydrogen-bond acceptors (Lipinski definition) is 2. The summed E-state index contributed by atoms with van der Waals surface area (Å²) in [5.41, 5.74) is 0.469. The van der Waals surface area contributed by atoms with Crippen molar-refractivity contribution in [3.63, 3.8) is 0 Å². The summed E-state index contributed by atoms with van der Waals surface area (Å²) in [6.45, 7) is 11.3. The monoisotopic (exact) mass is 240 g/mol. The first-order valence-corrected chi connectivity index (χ1v) is 6.72. The number of amides is 1. The summed E-state index contributed by atoms with van der Waals surface area (Å²) >= 11 is 0. The number of rotatable bonds is 3. The van der Waals surface area contributed by atoms with E-state index < -0.39 is 0 Å². The van der Waals surface area contributed by atoms with Gasteiger partial charge in [-0.3, -0.25) is 4.79 Å². The molecule has 0 aromatic carbocycles. The van der Waals surface area contributed by atoms with Crippen molar-refractivity contribution in [2.24, 2.45) is 5.41 Å². The van der Waals surface area contributed by atoms with Crippen LogP contribution in [-0.2, 0) is 4.79 Å². The molecule has 3 heteroatoms. The van der Waals surface area contributed by atoms with Gasteiger partial charge < -0.3 is 10.6 Å². The quantitative estimate of drug-likeness (QED) is 0.795. The van der Waals surface area contributed by atoms with Crippen molar-refractivity contribution < 1.29 is 4.79 Å². The first kappa shape index (κ1) is 14.5. The third-order valence-electron chi connectivity index (χ3n) is 3.48. The maximum Gasteiger partial charge on any atom is 0.234 e. The Kier molecular flexibility index (Phi) is 4.59. The predicted molar refractivity (Wildman–Crippen MR) is 71.9 cm³/mol. The molecule has 1 fully saturated rings. The van der Waals surface area contributed by atoms with Crippen LogP contribution in [0.3, 0.4) is 0 Å². The van der Waals surface area contributed by atoms with Crippen LogP contribution in [0.5, 0.6) is 0 Å². The van der Waals surface area contributed by atoms with Crippen LogP contribution < -0.4 is 10.6 Å². The van der Waals surface area contributed by atoms with Gasteiger partial charge in [0.1, 0.15) is 0 Å². The van der Waals surface area contributed by atoms with Crippen LogP contribution in [0.4, 0.5) is 0 Å². The van der Waals surface area contributed by atoms with E-state index >= 15 is 0 Å². The molecule has 1 amide bonds. The molecule has 0 aliphatic heterocycles. The first-order chi connectivity index (χ1) is 7.68. The van der Waals surface area contributed by atoms with Crippen molar-refractivity contribution in [1.29, 1.82) is 0 Å². The van der Waals surface area contributed by atoms with Crippen molar-refractivity contribution in [2.45, 2.75) is 71.9 Å². The molecule has 0 atom stereocenters. The van der Waals surface area contributed by atoms with E-state index in [9.17, 15) is 4.79 Å². The first-order valence-electron chi connectivity index (χ1n) is 6.72. The van der Waals surface area contributed by atoms with E-state index in [1.54, 1.807) is 0 Å². The van der Waals surface area contributed by atoms with Gasteiger partial charge in [-0.15, -0.1) is 0 Å². The second-order valence-corrected chi connectivity index (χ2v) is 7.11. The van der Waals surface area contributed by atoms with Crippen LogP contribution in [0.2, 0.25) is 0 Å². The van der Waals surface area contributed by atoms with Gasteiger partial charge >= 0.3 is 0 Å². The van der Waals surface area contributed by atoms with E-state index in [1.165, 1.54) is 12.8 Å². The van der Waals surface area contributed by atoms with E-state index in [0.29, 0.717) is 18.0 Å². The van der Waals surface area contributed by atoms with Gasteiger partial charge in [0, 0.05) is 11.6 Å². The van der Waals surface area contributed by atoms with Gasteiger partial charge in [-0.1, -0.05) is 13.8 Å². The van der Waals surface area contributed by atoms with Crippen molar-refractivity contribution in [1.82, 2.24) is 10.6 Å². The van der Waals surface area contributed by atoms with Crippen LogP contribution >= 0.6 is 0 Å². The Labute approximate surface area is 106 Å². The molecule has 0 unspecified atom stereocenters. The molecule has 0 aromatic rings. The molecule has 0 radical (unpaired) electrons. The molecule has 17 heavy (non-hydrogen) atoms. The van der Waals surface area contributed by atoms with Crippen LogP contribution in [0, 0.1) is 5.41 Å². The molecule has 100 valence electrons. The highest BCUT2D eigenvalue weighted by Gasteiger charge is 2.27. The topological polar surface area (TPSA) is 41.1 Å². The van der Waals surface area contributed by atoms with Gasteiger partial charge in [-0.05, 0) is 51.9 Å². The number of nitrogens with one attached hydrogen (secondary N) is 2. The minimum Gasteiger partial charge on any atom is -0.352 e. The zero-order valence-electron chi connectivity index (χ0n) is 12.0. The van der Waals surface area contributed by atoms with E-state index in [-0.39, 0.29) is 11.4 Å². The van der Waals surface area contributed by atoms with Crippen LogP contribution in [0.15, 0.2) is 0 Å². The lowest BCUT2D eigenvalue weighted by atomic mass is 9.75. The van der Waals surface area contributed by atoms with Gasteiger partial charge in [-0.2, -0.15) is 0 Å². The molecule has 1 aliphatic carbocycles. The van der Waals surface area contributed by atoms with Gasteiger partial charge in [0.25, 0.3) is 0 Å². The Hall–Kier alpha value is -0.570. The van der Waals surface area contributed by atoms with Crippen molar-refractivity contribution >= 4 is 5.91 Å². The highest BCUT2D eigenvalue weighted by Crippen LogP contribution is 2.34. The summed E-state index contributed by atoms with van der Waals surface area (Å²) in [6.07, 6.45) is 4.66. The standard InChI is InChI=1S/C14H28N2O/c1-13(2,3)15-10-12(17)16-11-6-8-14(4,5)9-7-11/h11,15H,6-10H2,1-5H3,(H,16,17). The molecule has 1 aliphatic rings. The summed E-state index contributed by atoms with van der Waals surface area (Å²) < 4.78 is 0. The zero-order valence-corrected chi connectivity index (χ0v) is 12.0. The van der Waals surface area contributed by atoms with Crippen molar-refractivity contribution in [2.75, 3.05) is 6.54 Å². The van der Waals surface area contributed by atoms with Crippen LogP contribution in [0.25, 0.3) is 0 Å². The molecular weight excluding hydrogens is 212 g/mol. The molecule has 2 N–H and O–H groups in total. The maximum absolute atomic E-state index is 11.7. The Bertz CT molecular complexity index is 256. The number of hydrogen-bond donors (Lipinski definition) is 2. The molecule has 3 nitrogen and oxygen atoms in total. The Balaban J connectivity index is 2.24. The van der Waals surface area contributed by atoms with Crippen LogP contribution in [-0.4, -0.2) is 24.0 Å². The molecule has 0 saturated heterocycles. The zero-order chi connectivity index (χ0) is 13.1. The summed E-state index contributed by atoms with van der Waals surface area (Å²) in [6, 6.07) is 0.386. The molecular formula is C14H28N2O. The van der Waals surface area contributed by atoms with E-state index in [1.807, 2.05) is 0 Å². The van der Waals surface area contributed by atoms with Gasteiger partial charge in [0.2, 0.25) is 5.91 Å². The maximum atomic E-state index is 11.7. The van der Waals surface area contributed by atoms with Gasteiger partial charge in [0.15, 0.2) is 0 Å². The lowest BCUT2D eigenvalue weighted by Gasteiger charge is -2.34. The summed E-state index contributed by atoms with van der Waals surface area (Å²) in [4.78, 5) is 11.7. The Morgan fingerprint density at radius 2 is 1.76 bits per heavy atom.